The summed E-state index contributed by atoms with van der Waals surface area (Å²) in [7, 11) is 0. The molecule has 698 valence electrons. The molecule has 11 aromatic heterocycles. The summed E-state index contributed by atoms with van der Waals surface area (Å²) in [6.07, 6.45) is 0. The minimum atomic E-state index is -0.152. The second-order valence-corrected chi connectivity index (χ2v) is 40.4. The molecule has 10 nitrogen and oxygen atoms in total. The van der Waals surface area contributed by atoms with Gasteiger partial charge in [0.1, 0.15) is 62.1 Å². The third kappa shape index (κ3) is 13.7. The summed E-state index contributed by atoms with van der Waals surface area (Å²) in [5.74, 6) is 2.61. The van der Waals surface area contributed by atoms with E-state index in [0.29, 0.717) is 0 Å². The lowest BCUT2D eigenvalue weighted by molar-refractivity contribution is 0.666. The first-order valence-electron chi connectivity index (χ1n) is 50.6. The van der Waals surface area contributed by atoms with Crippen LogP contribution >= 0.6 is 11.3 Å². The molecule has 0 N–H and O–H groups in total. The Morgan fingerprint density at radius 3 is 1.15 bits per heavy atom. The molecule has 31 aromatic rings. The van der Waals surface area contributed by atoms with Crippen molar-refractivity contribution in [3.8, 4) is 118 Å². The summed E-state index contributed by atoms with van der Waals surface area (Å²) in [4.78, 5) is 16.4. The van der Waals surface area contributed by atoms with E-state index >= 15 is 0 Å². The monoisotopic (exact) mass is 1920 g/mol. The fourth-order valence-electron chi connectivity index (χ4n) is 23.8. The van der Waals surface area contributed by atoms with Crippen LogP contribution in [0.2, 0.25) is 0 Å². The molecule has 1 aliphatic carbocycles. The summed E-state index contributed by atoms with van der Waals surface area (Å²) >= 11 is 1.87. The Balaban J connectivity index is 0.000000103. The molecule has 0 amide bonds. The van der Waals surface area contributed by atoms with Crippen LogP contribution in [0.4, 0.5) is 0 Å². The molecule has 1 aliphatic rings. The number of para-hydroxylation sites is 7. The maximum atomic E-state index is 6.59. The predicted molar refractivity (Wildman–Crippen MR) is 619 cm³/mol. The van der Waals surface area contributed by atoms with Gasteiger partial charge in [-0.15, -0.1) is 11.3 Å². The Labute approximate surface area is 858 Å². The third-order valence-electron chi connectivity index (χ3n) is 30.6. The molecule has 32 rings (SSSR count). The average molecular weight is 1920 g/mol. The lowest BCUT2D eigenvalue weighted by Crippen LogP contribution is -2.15. The van der Waals surface area contributed by atoms with Gasteiger partial charge in [0.25, 0.3) is 0 Å². The molecule has 20 aromatic carbocycles. The number of nitrogens with zero attached hydrogens (tertiary/aromatic N) is 6. The topological polar surface area (TPSA) is 106 Å². The summed E-state index contributed by atoms with van der Waals surface area (Å²) < 4.78 is 35.2. The molecule has 149 heavy (non-hydrogen) atoms. The number of hydrogen-bond donors (Lipinski definition) is 0. The zero-order valence-electron chi connectivity index (χ0n) is 80.9. The summed E-state index contributed by atoms with van der Waals surface area (Å²) in [5, 5.41) is 18.7. The number of fused-ring (bicyclic) bond motifs is 30. The molecule has 0 unspecified atom stereocenters. The van der Waals surface area contributed by atoms with Crippen molar-refractivity contribution in [2.75, 3.05) is 0 Å². The largest absolute Gasteiger partial charge is 0.456 e. The standard InChI is InChI=1S/C50H34N2O.C47H28N2O2.C41H24N2OS/c1-50(2)41-20-9-6-17-36(41)39-25-26-44-48(49(39)50)40-19-7-10-21-43(40)52(44)47-30-35(33-16-12-15-32(27-33)31-13-4-3-5-14-31)28-42(51-47)34-23-24-38-37-18-8-11-22-45(37)53-46(38)29-34;1-2-11-29(12-3-1)30-21-23-31(24-22-30)32-27-38(35-16-10-20-43-45(35)37-15-6-9-19-42(37)50-43)48-44(28-32)49-39-17-7-4-14-36(39)46-40(49)26-25-34-33-13-5-8-18-41(33)51-47(34)46;1-2-11-25(12-3-1)26-23-32(29-16-10-19-36-39(29)31-15-5-8-18-35(31)44-36)42-38(24-26)43-33-17-7-4-14-30(33)40-34(43)22-21-28-27-13-6-9-20-37(27)45-41(28)40/h3-30H,1-2H3;1-28H;1-24H. The summed E-state index contributed by atoms with van der Waals surface area (Å²) in [6.45, 7) is 4.74. The van der Waals surface area contributed by atoms with Gasteiger partial charge in [-0.2, -0.15) is 0 Å². The van der Waals surface area contributed by atoms with Crippen LogP contribution in [0.1, 0.15) is 25.0 Å². The van der Waals surface area contributed by atoms with E-state index in [1.807, 2.05) is 72.0 Å². The first-order chi connectivity index (χ1) is 73.6. The Hall–Kier alpha value is -19.3. The number of hydrogen-bond acceptors (Lipinski definition) is 8. The van der Waals surface area contributed by atoms with Crippen molar-refractivity contribution in [2.45, 2.75) is 19.3 Å². The van der Waals surface area contributed by atoms with Crippen LogP contribution in [0.5, 0.6) is 0 Å². The quantitative estimate of drug-likeness (QED) is 0.127. The second-order valence-electron chi connectivity index (χ2n) is 39.4. The molecular formula is C138H86N6O4S. The fraction of sp³-hybridized carbons (Fsp3) is 0.0217. The van der Waals surface area contributed by atoms with Crippen LogP contribution in [0.15, 0.2) is 503 Å². The van der Waals surface area contributed by atoms with E-state index < -0.39 is 0 Å². The summed E-state index contributed by atoms with van der Waals surface area (Å²) in [6, 6.07) is 172. The van der Waals surface area contributed by atoms with Crippen molar-refractivity contribution >= 4 is 185 Å². The van der Waals surface area contributed by atoms with Gasteiger partial charge in [-0.3, -0.25) is 13.7 Å². The van der Waals surface area contributed by atoms with Gasteiger partial charge in [-0.05, 0) is 217 Å². The van der Waals surface area contributed by atoms with Gasteiger partial charge in [-0.1, -0.05) is 360 Å². The van der Waals surface area contributed by atoms with E-state index in [4.69, 9.17) is 32.6 Å². The van der Waals surface area contributed by atoms with Gasteiger partial charge >= 0.3 is 0 Å². The third-order valence-corrected chi connectivity index (χ3v) is 31.8. The van der Waals surface area contributed by atoms with Crippen LogP contribution in [-0.4, -0.2) is 28.7 Å². The minimum Gasteiger partial charge on any atom is -0.456 e. The fourth-order valence-corrected chi connectivity index (χ4v) is 25.1. The van der Waals surface area contributed by atoms with E-state index in [9.17, 15) is 0 Å². The molecule has 11 heteroatoms. The van der Waals surface area contributed by atoms with Crippen LogP contribution in [0, 0.1) is 0 Å². The first-order valence-corrected chi connectivity index (χ1v) is 51.5. The van der Waals surface area contributed by atoms with E-state index in [1.165, 1.54) is 86.2 Å². The molecule has 0 fully saturated rings. The molecule has 0 radical (unpaired) electrons. The van der Waals surface area contributed by atoms with Gasteiger partial charge in [0.05, 0.1) is 55.6 Å². The van der Waals surface area contributed by atoms with Crippen molar-refractivity contribution in [2.24, 2.45) is 0 Å². The average Bonchev–Trinajstić information content (AvgIpc) is 1.54. The summed E-state index contributed by atoms with van der Waals surface area (Å²) in [5.41, 5.74) is 36.2. The number of thiophene rings is 1. The smallest absolute Gasteiger partial charge is 0.145 e. The number of aromatic nitrogens is 6. The highest BCUT2D eigenvalue weighted by atomic mass is 32.1. The Kier molecular flexibility index (Phi) is 19.4. The normalized spacial score (nSPS) is 12.4. The first kappa shape index (κ1) is 85.3. The van der Waals surface area contributed by atoms with E-state index in [2.05, 4.69) is 452 Å². The lowest BCUT2D eigenvalue weighted by atomic mass is 9.80. The van der Waals surface area contributed by atoms with E-state index in [-0.39, 0.29) is 5.41 Å². The highest BCUT2D eigenvalue weighted by molar-refractivity contribution is 7.26. The van der Waals surface area contributed by atoms with Crippen molar-refractivity contribution in [1.82, 2.24) is 28.7 Å². The van der Waals surface area contributed by atoms with Crippen LogP contribution < -0.4 is 0 Å². The molecule has 11 heterocycles. The van der Waals surface area contributed by atoms with Crippen molar-refractivity contribution in [1.29, 1.82) is 0 Å². The number of furan rings is 4. The van der Waals surface area contributed by atoms with E-state index in [1.54, 1.807) is 0 Å². The molecular weight excluding hydrogens is 1840 g/mol. The Morgan fingerprint density at radius 1 is 0.201 bits per heavy atom. The van der Waals surface area contributed by atoms with Gasteiger partial charge in [0, 0.05) is 112 Å². The molecule has 0 spiro atoms. The lowest BCUT2D eigenvalue weighted by Gasteiger charge is -2.22. The Morgan fingerprint density at radius 2 is 0.564 bits per heavy atom. The van der Waals surface area contributed by atoms with Crippen molar-refractivity contribution in [3.63, 3.8) is 0 Å². The number of pyridine rings is 3. The maximum Gasteiger partial charge on any atom is 0.145 e. The van der Waals surface area contributed by atoms with Gasteiger partial charge in [0.2, 0.25) is 0 Å². The minimum absolute atomic E-state index is 0.152. The highest BCUT2D eigenvalue weighted by Crippen LogP contribution is 2.55. The number of benzene rings is 20. The zero-order valence-corrected chi connectivity index (χ0v) is 81.7. The van der Waals surface area contributed by atoms with Crippen LogP contribution in [-0.2, 0) is 5.41 Å². The molecule has 0 saturated heterocycles. The van der Waals surface area contributed by atoms with Crippen molar-refractivity contribution < 1.29 is 17.7 Å². The maximum absolute atomic E-state index is 6.59. The number of rotatable bonds is 11. The van der Waals surface area contributed by atoms with Crippen LogP contribution in [0.3, 0.4) is 0 Å². The van der Waals surface area contributed by atoms with Crippen LogP contribution in [0.25, 0.3) is 291 Å². The second kappa shape index (κ2) is 33.9. The van der Waals surface area contributed by atoms with Gasteiger partial charge < -0.3 is 17.7 Å². The SMILES string of the molecule is CC1(C)c2ccccc2-c2ccc3c(c21)c1ccccc1n3-c1cc(-c2cccc(-c3ccccc3)c2)cc(-c2ccc3c(c2)oc2ccccc23)n1.c1ccc(-c2cc(-c3cccc4oc5ccccc5c34)nc(-n3c4ccccc4c4c5sc6ccccc6c5ccc43)c2)cc1.c1ccc(-c2ccc(-c3cc(-c4cccc5oc6ccccc6c45)nc(-n4c5ccccc5c5c6oc7ccccc7c6ccc54)c3)cc2)cc1. The van der Waals surface area contributed by atoms with Crippen molar-refractivity contribution in [3.05, 3.63) is 496 Å². The Bertz CT molecular complexity index is 10900. The molecule has 0 saturated carbocycles. The molecule has 0 aliphatic heterocycles. The van der Waals surface area contributed by atoms with Gasteiger partial charge in [-0.25, -0.2) is 15.0 Å². The predicted octanol–water partition coefficient (Wildman–Crippen LogP) is 38.1. The van der Waals surface area contributed by atoms with E-state index in [0.717, 1.165) is 216 Å². The zero-order chi connectivity index (χ0) is 98.2. The molecule has 0 atom stereocenters. The highest BCUT2D eigenvalue weighted by Gasteiger charge is 2.39. The van der Waals surface area contributed by atoms with Gasteiger partial charge in [0.15, 0.2) is 0 Å². The molecule has 0 bridgehead atoms.